The van der Waals surface area contributed by atoms with Crippen molar-refractivity contribution in [3.05, 3.63) is 147 Å². The van der Waals surface area contributed by atoms with Crippen LogP contribution < -0.4 is 10.3 Å². The number of hydrogen-bond donors (Lipinski definition) is 1. The van der Waals surface area contributed by atoms with Crippen molar-refractivity contribution in [2.75, 3.05) is 4.90 Å². The van der Waals surface area contributed by atoms with Crippen LogP contribution in [0.25, 0.3) is 10.8 Å². The van der Waals surface area contributed by atoms with Crippen molar-refractivity contribution < 1.29 is 14.4 Å². The Bertz CT molecular complexity index is 2040. The maximum absolute atomic E-state index is 14.5. The predicted octanol–water partition coefficient (Wildman–Crippen LogP) is 7.11. The van der Waals surface area contributed by atoms with Crippen LogP contribution in [0.2, 0.25) is 10.0 Å². The summed E-state index contributed by atoms with van der Waals surface area (Å²) >= 11 is 12.7. The van der Waals surface area contributed by atoms with Crippen molar-refractivity contribution in [2.45, 2.75) is 11.3 Å². The molecule has 2 atom stereocenters. The molecule has 0 unspecified atom stereocenters. The number of carbonyl (C=O) groups is 3. The molecule has 0 aromatic heterocycles. The standard InChI is InChI=1S/C36H23Cl2N3O3/c37-21-16-17-29(28(38)18-21)41-34(43)31-30-24-11-3-5-14-26(24)36(32(31)35(41)44,27-15-6-4-12-25(27)30)19-39-40-33(42)23-13-7-9-20-8-1-2-10-22(20)23/h1-19,30-32H,(H,40,42)/b39-19-/t30?,31-,32-,36?/m0/s1. The minimum Gasteiger partial charge on any atom is -0.274 e. The average molecular weight is 617 g/mol. The monoisotopic (exact) mass is 615 g/mol. The number of halogens is 2. The Balaban J connectivity index is 1.29. The molecule has 4 aliphatic rings. The van der Waals surface area contributed by atoms with Gasteiger partial charge in [-0.2, -0.15) is 5.10 Å². The Morgan fingerprint density at radius 1 is 0.795 bits per heavy atom. The number of hydrogen-bond acceptors (Lipinski definition) is 4. The third-order valence-corrected chi connectivity index (χ3v) is 9.84. The molecule has 1 N–H and O–H groups in total. The first-order valence-electron chi connectivity index (χ1n) is 14.3. The fourth-order valence-corrected chi connectivity index (χ4v) is 8.12. The van der Waals surface area contributed by atoms with Crippen molar-refractivity contribution in [1.29, 1.82) is 0 Å². The predicted molar refractivity (Wildman–Crippen MR) is 171 cm³/mol. The third-order valence-electron chi connectivity index (χ3n) is 9.30. The van der Waals surface area contributed by atoms with E-state index in [0.717, 1.165) is 33.0 Å². The average Bonchev–Trinajstić information content (AvgIpc) is 3.31. The number of benzene rings is 5. The summed E-state index contributed by atoms with van der Waals surface area (Å²) in [7, 11) is 0. The Labute approximate surface area is 262 Å². The van der Waals surface area contributed by atoms with Crippen LogP contribution in [-0.4, -0.2) is 23.9 Å². The minimum absolute atomic E-state index is 0.213. The highest BCUT2D eigenvalue weighted by Crippen LogP contribution is 2.63. The Morgan fingerprint density at radius 2 is 1.45 bits per heavy atom. The minimum atomic E-state index is -1.13. The number of rotatable bonds is 4. The second kappa shape index (κ2) is 9.88. The van der Waals surface area contributed by atoms with Crippen LogP contribution in [-0.2, 0) is 15.0 Å². The molecule has 3 amide bonds. The van der Waals surface area contributed by atoms with Gasteiger partial charge in [0.1, 0.15) is 0 Å². The second-order valence-electron chi connectivity index (χ2n) is 11.4. The highest BCUT2D eigenvalue weighted by Gasteiger charge is 2.68. The highest BCUT2D eigenvalue weighted by molar-refractivity contribution is 6.38. The lowest BCUT2D eigenvalue weighted by Gasteiger charge is -2.52. The van der Waals surface area contributed by atoms with Crippen LogP contribution >= 0.6 is 23.2 Å². The van der Waals surface area contributed by atoms with Gasteiger partial charge in [0.05, 0.1) is 28.0 Å². The van der Waals surface area contributed by atoms with Gasteiger partial charge in [-0.15, -0.1) is 0 Å². The maximum Gasteiger partial charge on any atom is 0.271 e. The van der Waals surface area contributed by atoms with Crippen LogP contribution in [0.3, 0.4) is 0 Å². The number of anilines is 1. The lowest BCUT2D eigenvalue weighted by atomic mass is 9.47. The first-order chi connectivity index (χ1) is 21.4. The summed E-state index contributed by atoms with van der Waals surface area (Å²) in [6.07, 6.45) is 1.65. The zero-order valence-corrected chi connectivity index (χ0v) is 24.6. The van der Waals surface area contributed by atoms with Crippen molar-refractivity contribution in [3.8, 4) is 0 Å². The molecular formula is C36H23Cl2N3O3. The third kappa shape index (κ3) is 3.62. The van der Waals surface area contributed by atoms with Gasteiger partial charge in [0.25, 0.3) is 5.91 Å². The molecule has 214 valence electrons. The summed E-state index contributed by atoms with van der Waals surface area (Å²) in [6, 6.07) is 33.7. The van der Waals surface area contributed by atoms with Crippen LogP contribution in [0.15, 0.2) is 114 Å². The molecule has 5 aromatic rings. The largest absolute Gasteiger partial charge is 0.274 e. The van der Waals surface area contributed by atoms with Crippen molar-refractivity contribution >= 4 is 63.6 Å². The fraction of sp³-hybridized carbons (Fsp3) is 0.111. The van der Waals surface area contributed by atoms with Gasteiger partial charge in [-0.3, -0.25) is 14.4 Å². The lowest BCUT2D eigenvalue weighted by molar-refractivity contribution is -0.122. The molecule has 2 bridgehead atoms. The van der Waals surface area contributed by atoms with E-state index in [2.05, 4.69) is 10.5 Å². The van der Waals surface area contributed by atoms with E-state index in [4.69, 9.17) is 23.2 Å². The van der Waals surface area contributed by atoms with Gasteiger partial charge in [-0.05, 0) is 57.3 Å². The Kier molecular flexibility index (Phi) is 6.02. The van der Waals surface area contributed by atoms with Crippen LogP contribution in [0.1, 0.15) is 38.5 Å². The van der Waals surface area contributed by atoms with Crippen LogP contribution in [0, 0.1) is 11.8 Å². The SMILES string of the molecule is O=C(N/N=C\C12c3ccccc3C(c3ccccc31)[C@@H]1C(=O)N(c3ccc(Cl)cc3Cl)C(=O)[C@H]12)c1cccc2ccccc12. The van der Waals surface area contributed by atoms with E-state index in [0.29, 0.717) is 16.3 Å². The van der Waals surface area contributed by atoms with Crippen LogP contribution in [0.4, 0.5) is 5.69 Å². The first kappa shape index (κ1) is 26.8. The highest BCUT2D eigenvalue weighted by atomic mass is 35.5. The molecule has 1 fully saturated rings. The number of amides is 3. The fourth-order valence-electron chi connectivity index (χ4n) is 7.63. The van der Waals surface area contributed by atoms with Gasteiger partial charge >= 0.3 is 0 Å². The van der Waals surface area contributed by atoms with E-state index >= 15 is 0 Å². The molecular weight excluding hydrogens is 593 g/mol. The molecule has 9 rings (SSSR count). The molecule has 3 aliphatic carbocycles. The smallest absolute Gasteiger partial charge is 0.271 e. The number of nitrogens with one attached hydrogen (secondary N) is 1. The number of fused-ring (bicyclic) bond motifs is 1. The van der Waals surface area contributed by atoms with E-state index in [9.17, 15) is 14.4 Å². The first-order valence-corrected chi connectivity index (χ1v) is 15.0. The summed E-state index contributed by atoms with van der Waals surface area (Å²) in [4.78, 5) is 43.5. The van der Waals surface area contributed by atoms with Gasteiger partial charge in [0.2, 0.25) is 11.8 Å². The number of carbonyl (C=O) groups excluding carboxylic acids is 3. The van der Waals surface area contributed by atoms with Crippen LogP contribution in [0.5, 0.6) is 0 Å². The number of imide groups is 1. The van der Waals surface area contributed by atoms with E-state index in [1.54, 1.807) is 24.4 Å². The van der Waals surface area contributed by atoms with Crippen molar-refractivity contribution in [3.63, 3.8) is 0 Å². The summed E-state index contributed by atoms with van der Waals surface area (Å²) in [5, 5.41) is 6.90. The Hall–Kier alpha value is -4.78. The van der Waals surface area contributed by atoms with E-state index in [1.165, 1.54) is 11.0 Å². The Morgan fingerprint density at radius 3 is 2.18 bits per heavy atom. The quantitative estimate of drug-likeness (QED) is 0.133. The molecule has 8 heteroatoms. The summed E-state index contributed by atoms with van der Waals surface area (Å²) in [5.41, 5.74) is 6.08. The molecule has 6 nitrogen and oxygen atoms in total. The van der Waals surface area contributed by atoms with Gasteiger partial charge in [0.15, 0.2) is 0 Å². The second-order valence-corrected chi connectivity index (χ2v) is 12.2. The normalized spacial score (nSPS) is 23.1. The molecule has 0 radical (unpaired) electrons. The van der Waals surface area contributed by atoms with Crippen molar-refractivity contribution in [1.82, 2.24) is 5.43 Å². The zero-order valence-electron chi connectivity index (χ0n) is 23.1. The summed E-state index contributed by atoms with van der Waals surface area (Å²) in [5.74, 6) is -2.91. The van der Waals surface area contributed by atoms with Crippen molar-refractivity contribution in [2.24, 2.45) is 16.9 Å². The molecule has 0 spiro atoms. The number of nitrogens with zero attached hydrogens (tertiary/aromatic N) is 2. The molecule has 0 saturated carbocycles. The lowest BCUT2D eigenvalue weighted by Crippen LogP contribution is -2.54. The van der Waals surface area contributed by atoms with E-state index in [-0.39, 0.29) is 28.7 Å². The van der Waals surface area contributed by atoms with Gasteiger partial charge in [-0.1, -0.05) is 108 Å². The van der Waals surface area contributed by atoms with E-state index < -0.39 is 17.3 Å². The van der Waals surface area contributed by atoms with Gasteiger partial charge in [0, 0.05) is 22.7 Å². The van der Waals surface area contributed by atoms with Gasteiger partial charge < -0.3 is 0 Å². The molecule has 44 heavy (non-hydrogen) atoms. The molecule has 1 aliphatic heterocycles. The number of hydrazone groups is 1. The zero-order chi connectivity index (χ0) is 30.2. The maximum atomic E-state index is 14.5. The molecule has 1 saturated heterocycles. The summed E-state index contributed by atoms with van der Waals surface area (Å²) < 4.78 is 0. The van der Waals surface area contributed by atoms with E-state index in [1.807, 2.05) is 84.9 Å². The van der Waals surface area contributed by atoms with Gasteiger partial charge in [-0.25, -0.2) is 10.3 Å². The molecule has 1 heterocycles. The topological polar surface area (TPSA) is 78.8 Å². The molecule has 5 aromatic carbocycles. The summed E-state index contributed by atoms with van der Waals surface area (Å²) in [6.45, 7) is 0.